The van der Waals surface area contributed by atoms with Gasteiger partial charge >= 0.3 is 0 Å². The SMILES string of the molecule is COc1cc(C(C)=O)ccc1O[C@H](C)C(=O)N[C@H]1CCS(=O)(=O)C1. The lowest BCUT2D eigenvalue weighted by atomic mass is 10.1. The second kappa shape index (κ2) is 7.21. The summed E-state index contributed by atoms with van der Waals surface area (Å²) >= 11 is 0. The van der Waals surface area contributed by atoms with Crippen molar-refractivity contribution >= 4 is 21.5 Å². The van der Waals surface area contributed by atoms with Crippen LogP contribution in [0.4, 0.5) is 0 Å². The van der Waals surface area contributed by atoms with E-state index in [4.69, 9.17) is 9.47 Å². The van der Waals surface area contributed by atoms with E-state index >= 15 is 0 Å². The quantitative estimate of drug-likeness (QED) is 0.764. The smallest absolute Gasteiger partial charge is 0.261 e. The molecule has 1 fully saturated rings. The van der Waals surface area contributed by atoms with Crippen LogP contribution in [0, 0.1) is 0 Å². The van der Waals surface area contributed by atoms with Gasteiger partial charge in [0, 0.05) is 11.6 Å². The van der Waals surface area contributed by atoms with Crippen LogP contribution in [0.1, 0.15) is 30.6 Å². The fourth-order valence-electron chi connectivity index (χ4n) is 2.46. The van der Waals surface area contributed by atoms with E-state index < -0.39 is 21.8 Å². The van der Waals surface area contributed by atoms with Crippen LogP contribution in [0.25, 0.3) is 0 Å². The van der Waals surface area contributed by atoms with Gasteiger partial charge in [-0.1, -0.05) is 0 Å². The minimum Gasteiger partial charge on any atom is -0.493 e. The van der Waals surface area contributed by atoms with Gasteiger partial charge in [0.15, 0.2) is 33.2 Å². The molecule has 1 heterocycles. The molecule has 0 unspecified atom stereocenters. The summed E-state index contributed by atoms with van der Waals surface area (Å²) < 4.78 is 33.6. The molecule has 1 aliphatic rings. The zero-order valence-electron chi connectivity index (χ0n) is 13.9. The number of ether oxygens (including phenoxy) is 2. The fraction of sp³-hybridized carbons (Fsp3) is 0.500. The zero-order chi connectivity index (χ0) is 17.9. The van der Waals surface area contributed by atoms with Gasteiger partial charge in [0.1, 0.15) is 0 Å². The van der Waals surface area contributed by atoms with Crippen LogP contribution in [0.3, 0.4) is 0 Å². The van der Waals surface area contributed by atoms with Crippen molar-refractivity contribution in [1.82, 2.24) is 5.32 Å². The first-order valence-corrected chi connectivity index (χ1v) is 9.40. The number of hydrogen-bond acceptors (Lipinski definition) is 6. The lowest BCUT2D eigenvalue weighted by Gasteiger charge is -2.19. The van der Waals surface area contributed by atoms with Crippen molar-refractivity contribution in [2.45, 2.75) is 32.4 Å². The molecule has 1 aromatic rings. The van der Waals surface area contributed by atoms with Crippen LogP contribution in [0.15, 0.2) is 18.2 Å². The normalized spacial score (nSPS) is 20.2. The van der Waals surface area contributed by atoms with Crippen molar-refractivity contribution in [3.63, 3.8) is 0 Å². The van der Waals surface area contributed by atoms with E-state index in [1.54, 1.807) is 25.1 Å². The van der Waals surface area contributed by atoms with Gasteiger partial charge in [-0.2, -0.15) is 0 Å². The molecule has 2 atom stereocenters. The zero-order valence-corrected chi connectivity index (χ0v) is 14.7. The van der Waals surface area contributed by atoms with E-state index in [1.165, 1.54) is 14.0 Å². The first kappa shape index (κ1) is 18.3. The number of rotatable bonds is 6. The largest absolute Gasteiger partial charge is 0.493 e. The number of nitrogens with one attached hydrogen (secondary N) is 1. The summed E-state index contributed by atoms with van der Waals surface area (Å²) in [7, 11) is -1.61. The van der Waals surface area contributed by atoms with Gasteiger partial charge in [-0.25, -0.2) is 8.42 Å². The van der Waals surface area contributed by atoms with E-state index in [0.717, 1.165) is 0 Å². The highest BCUT2D eigenvalue weighted by molar-refractivity contribution is 7.91. The molecule has 0 saturated carbocycles. The minimum atomic E-state index is -3.06. The molecule has 0 bridgehead atoms. The molecule has 1 aliphatic heterocycles. The molecule has 1 N–H and O–H groups in total. The third-order valence-electron chi connectivity index (χ3n) is 3.82. The summed E-state index contributed by atoms with van der Waals surface area (Å²) in [5, 5.41) is 2.68. The Balaban J connectivity index is 2.02. The van der Waals surface area contributed by atoms with Crippen LogP contribution >= 0.6 is 0 Å². The number of hydrogen-bond donors (Lipinski definition) is 1. The lowest BCUT2D eigenvalue weighted by molar-refractivity contribution is -0.127. The second-order valence-corrected chi connectivity index (χ2v) is 8.02. The first-order valence-electron chi connectivity index (χ1n) is 7.58. The molecule has 0 aromatic heterocycles. The Kier molecular flexibility index (Phi) is 5.48. The number of carbonyl (C=O) groups is 2. The number of Topliss-reactive ketones (excluding diaryl/α,β-unsaturated/α-hetero) is 1. The number of amides is 1. The molecule has 1 saturated heterocycles. The monoisotopic (exact) mass is 355 g/mol. The summed E-state index contributed by atoms with van der Waals surface area (Å²) in [5.74, 6) is 0.244. The summed E-state index contributed by atoms with van der Waals surface area (Å²) in [6.45, 7) is 3.01. The van der Waals surface area contributed by atoms with E-state index in [0.29, 0.717) is 23.5 Å². The van der Waals surface area contributed by atoms with Crippen LogP contribution in [0.2, 0.25) is 0 Å². The molecule has 0 radical (unpaired) electrons. The summed E-state index contributed by atoms with van der Waals surface area (Å²) in [5.41, 5.74) is 0.479. The molecular weight excluding hydrogens is 334 g/mol. The van der Waals surface area contributed by atoms with Gasteiger partial charge in [-0.05, 0) is 38.5 Å². The minimum absolute atomic E-state index is 0.0396. The van der Waals surface area contributed by atoms with Crippen LogP contribution in [-0.4, -0.2) is 50.9 Å². The Morgan fingerprint density at radius 2 is 2.00 bits per heavy atom. The summed E-state index contributed by atoms with van der Waals surface area (Å²) in [6, 6.07) is 4.33. The van der Waals surface area contributed by atoms with Crippen molar-refractivity contribution in [3.05, 3.63) is 23.8 Å². The van der Waals surface area contributed by atoms with Gasteiger partial charge in [0.25, 0.3) is 5.91 Å². The van der Waals surface area contributed by atoms with Gasteiger partial charge < -0.3 is 14.8 Å². The predicted molar refractivity (Wildman–Crippen MR) is 88.3 cm³/mol. The summed E-state index contributed by atoms with van der Waals surface area (Å²) in [4.78, 5) is 23.6. The van der Waals surface area contributed by atoms with Crippen molar-refractivity contribution < 1.29 is 27.5 Å². The Labute approximate surface area is 141 Å². The second-order valence-electron chi connectivity index (χ2n) is 5.79. The van der Waals surface area contributed by atoms with Crippen molar-refractivity contribution in [2.75, 3.05) is 18.6 Å². The Bertz CT molecular complexity index is 743. The Morgan fingerprint density at radius 3 is 2.54 bits per heavy atom. The maximum atomic E-state index is 12.2. The van der Waals surface area contributed by atoms with E-state index in [9.17, 15) is 18.0 Å². The molecule has 24 heavy (non-hydrogen) atoms. The fourth-order valence-corrected chi connectivity index (χ4v) is 4.13. The van der Waals surface area contributed by atoms with Crippen LogP contribution in [0.5, 0.6) is 11.5 Å². The molecule has 0 aliphatic carbocycles. The average molecular weight is 355 g/mol. The maximum absolute atomic E-state index is 12.2. The Hall–Kier alpha value is -2.09. The van der Waals surface area contributed by atoms with Crippen molar-refractivity contribution in [2.24, 2.45) is 0 Å². The topological polar surface area (TPSA) is 98.8 Å². The molecule has 132 valence electrons. The molecule has 1 aromatic carbocycles. The van der Waals surface area contributed by atoms with Gasteiger partial charge in [0.2, 0.25) is 0 Å². The molecule has 0 spiro atoms. The molecule has 1 amide bonds. The summed E-state index contributed by atoms with van der Waals surface area (Å²) in [6.07, 6.45) is -0.414. The van der Waals surface area contributed by atoms with Crippen molar-refractivity contribution in [1.29, 1.82) is 0 Å². The van der Waals surface area contributed by atoms with Crippen molar-refractivity contribution in [3.8, 4) is 11.5 Å². The van der Waals surface area contributed by atoms with Gasteiger partial charge in [-0.3, -0.25) is 9.59 Å². The van der Waals surface area contributed by atoms with Gasteiger partial charge in [-0.15, -0.1) is 0 Å². The lowest BCUT2D eigenvalue weighted by Crippen LogP contribution is -2.43. The number of benzene rings is 1. The number of sulfone groups is 1. The van der Waals surface area contributed by atoms with Gasteiger partial charge in [0.05, 0.1) is 18.6 Å². The maximum Gasteiger partial charge on any atom is 0.261 e. The third kappa shape index (κ3) is 4.47. The molecule has 8 heteroatoms. The molecular formula is C16H21NO6S. The standard InChI is InChI=1S/C16H21NO6S/c1-10(18)12-4-5-14(15(8-12)22-3)23-11(2)16(19)17-13-6-7-24(20,21)9-13/h4-5,8,11,13H,6-7,9H2,1-3H3,(H,17,19)/t11-,13+/m1/s1. The number of carbonyl (C=O) groups excluding carboxylic acids is 2. The Morgan fingerprint density at radius 1 is 1.29 bits per heavy atom. The first-order chi connectivity index (χ1) is 11.2. The van der Waals surface area contributed by atoms with E-state index in [-0.39, 0.29) is 23.3 Å². The highest BCUT2D eigenvalue weighted by atomic mass is 32.2. The van der Waals surface area contributed by atoms with E-state index in [2.05, 4.69) is 5.32 Å². The van der Waals surface area contributed by atoms with Crippen LogP contribution in [-0.2, 0) is 14.6 Å². The average Bonchev–Trinajstić information content (AvgIpc) is 2.86. The third-order valence-corrected chi connectivity index (χ3v) is 5.59. The number of methoxy groups -OCH3 is 1. The van der Waals surface area contributed by atoms with Crippen LogP contribution < -0.4 is 14.8 Å². The highest BCUT2D eigenvalue weighted by Gasteiger charge is 2.30. The molecule has 2 rings (SSSR count). The number of ketones is 1. The highest BCUT2D eigenvalue weighted by Crippen LogP contribution is 2.29. The van der Waals surface area contributed by atoms with E-state index in [1.807, 2.05) is 0 Å². The predicted octanol–water partition coefficient (Wildman–Crippen LogP) is 0.968. The molecule has 7 nitrogen and oxygen atoms in total.